The van der Waals surface area contributed by atoms with E-state index in [1.54, 1.807) is 22.9 Å². The van der Waals surface area contributed by atoms with Gasteiger partial charge in [0.15, 0.2) is 0 Å². The van der Waals surface area contributed by atoms with Crippen LogP contribution in [0.3, 0.4) is 0 Å². The molecule has 122 valence electrons. The highest BCUT2D eigenvalue weighted by molar-refractivity contribution is 5.78. The van der Waals surface area contributed by atoms with E-state index in [4.69, 9.17) is 5.26 Å². The van der Waals surface area contributed by atoms with E-state index in [2.05, 4.69) is 15.2 Å². The van der Waals surface area contributed by atoms with Crippen LogP contribution < -0.4 is 11.1 Å². The summed E-state index contributed by atoms with van der Waals surface area (Å²) in [6.45, 7) is 4.50. The highest BCUT2D eigenvalue weighted by Gasteiger charge is 2.09. The number of H-pyrrole nitrogens is 2. The largest absolute Gasteiger partial charge is 0.321 e. The lowest BCUT2D eigenvalue weighted by Gasteiger charge is -2.07. The molecule has 3 aromatic rings. The molecule has 24 heavy (non-hydrogen) atoms. The quantitative estimate of drug-likeness (QED) is 0.759. The Morgan fingerprint density at radius 1 is 1.33 bits per heavy atom. The fraction of sp³-hybridized carbons (Fsp3) is 0.294. The molecule has 0 aliphatic carbocycles. The van der Waals surface area contributed by atoms with Crippen LogP contribution >= 0.6 is 0 Å². The van der Waals surface area contributed by atoms with Gasteiger partial charge in [-0.1, -0.05) is 0 Å². The Labute approximate surface area is 137 Å². The number of aromatic nitrogens is 4. The molecule has 0 fully saturated rings. The SMILES string of the molecule is Cc1n[nH]c(C)c1CCCn1ccc2[nH]c(=O)c(C#N)cc2c1=O. The smallest absolute Gasteiger partial charge is 0.266 e. The highest BCUT2D eigenvalue weighted by atomic mass is 16.1. The van der Waals surface area contributed by atoms with Crippen molar-refractivity contribution in [3.63, 3.8) is 0 Å². The first-order chi connectivity index (χ1) is 11.5. The van der Waals surface area contributed by atoms with Crippen molar-refractivity contribution in [2.75, 3.05) is 0 Å². The molecule has 7 heteroatoms. The average molecular weight is 323 g/mol. The van der Waals surface area contributed by atoms with Gasteiger partial charge in [0.2, 0.25) is 0 Å². The summed E-state index contributed by atoms with van der Waals surface area (Å²) >= 11 is 0. The maximum atomic E-state index is 12.5. The van der Waals surface area contributed by atoms with Gasteiger partial charge in [-0.15, -0.1) is 0 Å². The van der Waals surface area contributed by atoms with E-state index >= 15 is 0 Å². The normalized spacial score (nSPS) is 10.9. The van der Waals surface area contributed by atoms with Crippen LogP contribution in [0.5, 0.6) is 0 Å². The van der Waals surface area contributed by atoms with Gasteiger partial charge in [0, 0.05) is 18.4 Å². The molecule has 0 atom stereocenters. The molecule has 0 aliphatic heterocycles. The Kier molecular flexibility index (Phi) is 4.04. The van der Waals surface area contributed by atoms with Gasteiger partial charge in [-0.3, -0.25) is 14.7 Å². The molecule has 2 N–H and O–H groups in total. The van der Waals surface area contributed by atoms with E-state index in [0.717, 1.165) is 24.2 Å². The van der Waals surface area contributed by atoms with Crippen molar-refractivity contribution in [3.8, 4) is 6.07 Å². The van der Waals surface area contributed by atoms with E-state index in [9.17, 15) is 9.59 Å². The van der Waals surface area contributed by atoms with E-state index < -0.39 is 5.56 Å². The first-order valence-corrected chi connectivity index (χ1v) is 7.68. The molecule has 0 spiro atoms. The van der Waals surface area contributed by atoms with E-state index in [0.29, 0.717) is 17.4 Å². The molecule has 0 unspecified atom stereocenters. The number of nitrogens with zero attached hydrogens (tertiary/aromatic N) is 3. The first kappa shape index (κ1) is 15.7. The lowest BCUT2D eigenvalue weighted by Crippen LogP contribution is -2.22. The third-order valence-corrected chi connectivity index (χ3v) is 4.21. The second kappa shape index (κ2) is 6.16. The Hall–Kier alpha value is -3.14. The maximum absolute atomic E-state index is 12.5. The lowest BCUT2D eigenvalue weighted by atomic mass is 10.1. The number of nitrogens with one attached hydrogen (secondary N) is 2. The monoisotopic (exact) mass is 323 g/mol. The number of rotatable bonds is 4. The van der Waals surface area contributed by atoms with Crippen molar-refractivity contribution in [3.05, 3.63) is 61.6 Å². The summed E-state index contributed by atoms with van der Waals surface area (Å²) in [4.78, 5) is 26.7. The number of nitriles is 1. The molecule has 0 bridgehead atoms. The number of hydrogen-bond donors (Lipinski definition) is 2. The third-order valence-electron chi connectivity index (χ3n) is 4.21. The van der Waals surface area contributed by atoms with Crippen LogP contribution in [0.2, 0.25) is 0 Å². The Bertz CT molecular complexity index is 1050. The minimum atomic E-state index is -0.479. The summed E-state index contributed by atoms with van der Waals surface area (Å²) in [5.74, 6) is 0. The number of fused-ring (bicyclic) bond motifs is 1. The fourth-order valence-corrected chi connectivity index (χ4v) is 2.87. The van der Waals surface area contributed by atoms with Crippen molar-refractivity contribution in [2.45, 2.75) is 33.2 Å². The van der Waals surface area contributed by atoms with Crippen LogP contribution in [0.4, 0.5) is 0 Å². The van der Waals surface area contributed by atoms with E-state index in [1.165, 1.54) is 11.6 Å². The van der Waals surface area contributed by atoms with Crippen molar-refractivity contribution < 1.29 is 0 Å². The zero-order chi connectivity index (χ0) is 17.3. The van der Waals surface area contributed by atoms with E-state index in [-0.39, 0.29) is 11.1 Å². The Morgan fingerprint density at radius 3 is 2.79 bits per heavy atom. The van der Waals surface area contributed by atoms with Crippen LogP contribution in [-0.2, 0) is 13.0 Å². The maximum Gasteiger partial charge on any atom is 0.266 e. The summed E-state index contributed by atoms with van der Waals surface area (Å²) in [5, 5.41) is 16.4. The molecular weight excluding hydrogens is 306 g/mol. The second-order valence-electron chi connectivity index (χ2n) is 5.78. The molecule has 3 rings (SSSR count). The van der Waals surface area contributed by atoms with Crippen molar-refractivity contribution in [2.24, 2.45) is 0 Å². The number of hydrogen-bond acceptors (Lipinski definition) is 4. The van der Waals surface area contributed by atoms with Gasteiger partial charge in [0.05, 0.1) is 16.6 Å². The molecule has 0 saturated carbocycles. The van der Waals surface area contributed by atoms with Crippen molar-refractivity contribution >= 4 is 10.9 Å². The minimum Gasteiger partial charge on any atom is -0.321 e. The van der Waals surface area contributed by atoms with Crippen LogP contribution in [0, 0.1) is 25.2 Å². The van der Waals surface area contributed by atoms with Gasteiger partial charge < -0.3 is 9.55 Å². The molecule has 0 aromatic carbocycles. The third kappa shape index (κ3) is 2.74. The van der Waals surface area contributed by atoms with E-state index in [1.807, 2.05) is 13.8 Å². The zero-order valence-corrected chi connectivity index (χ0v) is 13.5. The lowest BCUT2D eigenvalue weighted by molar-refractivity contribution is 0.624. The minimum absolute atomic E-state index is 0.0537. The number of aryl methyl sites for hydroxylation is 3. The van der Waals surface area contributed by atoms with Crippen LogP contribution in [0.25, 0.3) is 10.9 Å². The van der Waals surface area contributed by atoms with Gasteiger partial charge in [-0.25, -0.2) is 0 Å². The second-order valence-corrected chi connectivity index (χ2v) is 5.78. The predicted molar refractivity (Wildman–Crippen MR) is 89.9 cm³/mol. The average Bonchev–Trinajstić information content (AvgIpc) is 2.88. The molecule has 7 nitrogen and oxygen atoms in total. The van der Waals surface area contributed by atoms with Crippen LogP contribution in [-0.4, -0.2) is 19.7 Å². The zero-order valence-electron chi connectivity index (χ0n) is 13.5. The summed E-state index contributed by atoms with van der Waals surface area (Å²) < 4.78 is 1.60. The van der Waals surface area contributed by atoms with Gasteiger partial charge in [-0.05, 0) is 44.4 Å². The fourth-order valence-electron chi connectivity index (χ4n) is 2.87. The molecule has 3 heterocycles. The first-order valence-electron chi connectivity index (χ1n) is 7.68. The van der Waals surface area contributed by atoms with Crippen LogP contribution in [0.1, 0.15) is 28.9 Å². The molecule has 0 aliphatic rings. The Balaban J connectivity index is 1.87. The molecule has 0 radical (unpaired) electrons. The molecule has 0 saturated heterocycles. The predicted octanol–water partition coefficient (Wildman–Crippen LogP) is 1.53. The van der Waals surface area contributed by atoms with Crippen molar-refractivity contribution in [1.82, 2.24) is 19.7 Å². The van der Waals surface area contributed by atoms with Gasteiger partial charge >= 0.3 is 0 Å². The number of aromatic amines is 2. The molecule has 3 aromatic heterocycles. The summed E-state index contributed by atoms with van der Waals surface area (Å²) in [6, 6.07) is 4.85. The summed E-state index contributed by atoms with van der Waals surface area (Å²) in [5.41, 5.74) is 2.92. The molecule has 0 amide bonds. The standard InChI is InChI=1S/C17H17N5O2/c1-10-13(11(2)21-20-10)4-3-6-22-7-5-15-14(17(22)24)8-12(9-18)16(23)19-15/h5,7-8H,3-4,6H2,1-2H3,(H,19,23)(H,20,21). The van der Waals surface area contributed by atoms with Crippen LogP contribution in [0.15, 0.2) is 27.9 Å². The van der Waals surface area contributed by atoms with Gasteiger partial charge in [-0.2, -0.15) is 10.4 Å². The summed E-state index contributed by atoms with van der Waals surface area (Å²) in [7, 11) is 0. The topological polar surface area (TPSA) is 107 Å². The Morgan fingerprint density at radius 2 is 2.12 bits per heavy atom. The highest BCUT2D eigenvalue weighted by Crippen LogP contribution is 2.12. The molecular formula is C17H17N5O2. The van der Waals surface area contributed by atoms with Gasteiger partial charge in [0.25, 0.3) is 11.1 Å². The number of pyridine rings is 2. The summed E-state index contributed by atoms with van der Waals surface area (Å²) in [6.07, 6.45) is 3.29. The van der Waals surface area contributed by atoms with Crippen molar-refractivity contribution in [1.29, 1.82) is 5.26 Å². The van der Waals surface area contributed by atoms with Gasteiger partial charge in [0.1, 0.15) is 11.6 Å².